The third kappa shape index (κ3) is 3.43. The lowest BCUT2D eigenvalue weighted by atomic mass is 10.1. The molecule has 0 saturated carbocycles. The first-order valence-electron chi connectivity index (χ1n) is 6.16. The minimum Gasteiger partial charge on any atom is -0.462 e. The summed E-state index contributed by atoms with van der Waals surface area (Å²) in [4.78, 5) is 10.2. The summed E-state index contributed by atoms with van der Waals surface area (Å²) >= 11 is 0. The Labute approximate surface area is 115 Å². The minimum absolute atomic E-state index is 0.108. The van der Waals surface area contributed by atoms with Crippen molar-refractivity contribution in [3.05, 3.63) is 35.9 Å². The predicted molar refractivity (Wildman–Crippen MR) is 69.9 cm³/mol. The van der Waals surface area contributed by atoms with Gasteiger partial charge >= 0.3 is 0 Å². The molecule has 2 rings (SSSR count). The van der Waals surface area contributed by atoms with Crippen LogP contribution in [0.3, 0.4) is 0 Å². The Hall–Kier alpha value is -1.73. The molecule has 6 heteroatoms. The Morgan fingerprint density at radius 3 is 2.50 bits per heavy atom. The third-order valence-corrected chi connectivity index (χ3v) is 2.95. The molecule has 1 aliphatic heterocycles. The summed E-state index contributed by atoms with van der Waals surface area (Å²) in [7, 11) is 0. The van der Waals surface area contributed by atoms with Crippen LogP contribution in [0.4, 0.5) is 0 Å². The standard InChI is InChI=1S/C14H16O6/c15-7-1-2-9-3-5-10(6-4-9)20-14-13(18)12(17)11(16)8-19-14/h1-7,11-14,16-18H,8H2/t11-,12+,13-,14+/m0/s1. The number of allylic oxidation sites excluding steroid dienone is 1. The zero-order valence-corrected chi connectivity index (χ0v) is 10.6. The SMILES string of the molecule is O=CC=Cc1ccc(O[C@H]2OC[C@H](O)[C@@H](O)[C@@H]2O)cc1. The Kier molecular flexibility index (Phi) is 4.86. The quantitative estimate of drug-likeness (QED) is 0.518. The molecule has 0 aromatic heterocycles. The summed E-state index contributed by atoms with van der Waals surface area (Å²) in [6.07, 6.45) is -1.09. The number of carbonyl (C=O) groups excluding carboxylic acids is 1. The van der Waals surface area contributed by atoms with Gasteiger partial charge in [-0.15, -0.1) is 0 Å². The van der Waals surface area contributed by atoms with Gasteiger partial charge in [-0.3, -0.25) is 4.79 Å². The van der Waals surface area contributed by atoms with Crippen molar-refractivity contribution in [3.8, 4) is 5.75 Å². The molecule has 0 unspecified atom stereocenters. The van der Waals surface area contributed by atoms with Gasteiger partial charge < -0.3 is 24.8 Å². The minimum atomic E-state index is -1.33. The highest BCUT2D eigenvalue weighted by Crippen LogP contribution is 2.21. The van der Waals surface area contributed by atoms with E-state index in [-0.39, 0.29) is 6.61 Å². The molecule has 1 saturated heterocycles. The van der Waals surface area contributed by atoms with Crippen LogP contribution in [0.15, 0.2) is 30.3 Å². The maximum absolute atomic E-state index is 10.2. The van der Waals surface area contributed by atoms with E-state index in [0.29, 0.717) is 12.0 Å². The van der Waals surface area contributed by atoms with Crippen LogP contribution in [-0.2, 0) is 9.53 Å². The monoisotopic (exact) mass is 280 g/mol. The first-order chi connectivity index (χ1) is 9.61. The van der Waals surface area contributed by atoms with E-state index in [2.05, 4.69) is 0 Å². The van der Waals surface area contributed by atoms with Crippen molar-refractivity contribution in [1.82, 2.24) is 0 Å². The molecule has 1 aliphatic rings. The first-order valence-corrected chi connectivity index (χ1v) is 6.16. The van der Waals surface area contributed by atoms with Crippen molar-refractivity contribution < 1.29 is 29.6 Å². The normalized spacial score (nSPS) is 30.4. The summed E-state index contributed by atoms with van der Waals surface area (Å²) in [6.45, 7) is -0.108. The largest absolute Gasteiger partial charge is 0.462 e. The number of carbonyl (C=O) groups is 1. The Morgan fingerprint density at radius 2 is 1.85 bits per heavy atom. The fourth-order valence-electron chi connectivity index (χ4n) is 1.82. The van der Waals surface area contributed by atoms with Crippen molar-refractivity contribution >= 4 is 12.4 Å². The van der Waals surface area contributed by atoms with Crippen molar-refractivity contribution in [2.75, 3.05) is 6.61 Å². The molecule has 0 spiro atoms. The van der Waals surface area contributed by atoms with Crippen molar-refractivity contribution in [1.29, 1.82) is 0 Å². The molecule has 4 atom stereocenters. The second-order valence-corrected chi connectivity index (χ2v) is 4.43. The summed E-state index contributed by atoms with van der Waals surface area (Å²) < 4.78 is 10.5. The molecule has 1 aromatic carbocycles. The summed E-state index contributed by atoms with van der Waals surface area (Å²) in [5, 5.41) is 28.6. The highest BCUT2D eigenvalue weighted by Gasteiger charge is 2.38. The lowest BCUT2D eigenvalue weighted by Gasteiger charge is -2.34. The molecule has 0 bridgehead atoms. The van der Waals surface area contributed by atoms with Crippen LogP contribution in [0.2, 0.25) is 0 Å². The van der Waals surface area contributed by atoms with Crippen LogP contribution >= 0.6 is 0 Å². The van der Waals surface area contributed by atoms with Crippen LogP contribution in [0, 0.1) is 0 Å². The van der Waals surface area contributed by atoms with Gasteiger partial charge in [0.25, 0.3) is 0 Å². The maximum atomic E-state index is 10.2. The third-order valence-electron chi connectivity index (χ3n) is 2.95. The Bertz CT molecular complexity index is 469. The van der Waals surface area contributed by atoms with E-state index >= 15 is 0 Å². The molecule has 0 aliphatic carbocycles. The molecule has 1 fully saturated rings. The number of benzene rings is 1. The van der Waals surface area contributed by atoms with Gasteiger partial charge in [0.05, 0.1) is 6.61 Å². The van der Waals surface area contributed by atoms with Gasteiger partial charge in [0, 0.05) is 0 Å². The molecule has 6 nitrogen and oxygen atoms in total. The van der Waals surface area contributed by atoms with E-state index in [0.717, 1.165) is 5.56 Å². The van der Waals surface area contributed by atoms with E-state index in [1.54, 1.807) is 30.3 Å². The van der Waals surface area contributed by atoms with E-state index in [1.807, 2.05) is 0 Å². The average Bonchev–Trinajstić information content (AvgIpc) is 2.47. The predicted octanol–water partition coefficient (Wildman–Crippen LogP) is -0.284. The van der Waals surface area contributed by atoms with Crippen molar-refractivity contribution in [3.63, 3.8) is 0 Å². The molecule has 1 aromatic rings. The van der Waals surface area contributed by atoms with Gasteiger partial charge in [0.15, 0.2) is 0 Å². The van der Waals surface area contributed by atoms with Gasteiger partial charge in [-0.25, -0.2) is 0 Å². The number of rotatable bonds is 4. The number of aliphatic hydroxyl groups is 3. The van der Waals surface area contributed by atoms with Crippen LogP contribution in [0.25, 0.3) is 6.08 Å². The zero-order valence-electron chi connectivity index (χ0n) is 10.6. The van der Waals surface area contributed by atoms with Gasteiger partial charge in [0.2, 0.25) is 6.29 Å². The van der Waals surface area contributed by atoms with E-state index in [1.165, 1.54) is 6.08 Å². The second-order valence-electron chi connectivity index (χ2n) is 4.43. The summed E-state index contributed by atoms with van der Waals surface area (Å²) in [5.41, 5.74) is 0.824. The number of hydrogen-bond acceptors (Lipinski definition) is 6. The average molecular weight is 280 g/mol. The van der Waals surface area contributed by atoms with Gasteiger partial charge in [-0.1, -0.05) is 18.2 Å². The van der Waals surface area contributed by atoms with Crippen LogP contribution < -0.4 is 4.74 Å². The smallest absolute Gasteiger partial charge is 0.228 e. The molecular formula is C14H16O6. The van der Waals surface area contributed by atoms with Crippen LogP contribution in [0.1, 0.15) is 5.56 Å². The maximum Gasteiger partial charge on any atom is 0.228 e. The topological polar surface area (TPSA) is 96.2 Å². The molecule has 108 valence electrons. The molecule has 1 heterocycles. The van der Waals surface area contributed by atoms with Gasteiger partial charge in [0.1, 0.15) is 30.3 Å². The highest BCUT2D eigenvalue weighted by atomic mass is 16.7. The number of ether oxygens (including phenoxy) is 2. The first kappa shape index (κ1) is 14.7. The number of aldehydes is 1. The molecule has 20 heavy (non-hydrogen) atoms. The Balaban J connectivity index is 1.99. The number of hydrogen-bond donors (Lipinski definition) is 3. The van der Waals surface area contributed by atoms with Crippen molar-refractivity contribution in [2.24, 2.45) is 0 Å². The van der Waals surface area contributed by atoms with Crippen LogP contribution in [0.5, 0.6) is 5.75 Å². The van der Waals surface area contributed by atoms with Gasteiger partial charge in [-0.05, 0) is 23.8 Å². The fourth-order valence-corrected chi connectivity index (χ4v) is 1.82. The van der Waals surface area contributed by atoms with E-state index in [9.17, 15) is 20.1 Å². The number of aliphatic hydroxyl groups excluding tert-OH is 3. The summed E-state index contributed by atoms with van der Waals surface area (Å²) in [5.74, 6) is 0.445. The van der Waals surface area contributed by atoms with Gasteiger partial charge in [-0.2, -0.15) is 0 Å². The molecule has 3 N–H and O–H groups in total. The highest BCUT2D eigenvalue weighted by molar-refractivity contribution is 5.73. The fraction of sp³-hybridized carbons (Fsp3) is 0.357. The molecule has 0 amide bonds. The molecule has 0 radical (unpaired) electrons. The van der Waals surface area contributed by atoms with Crippen molar-refractivity contribution in [2.45, 2.75) is 24.6 Å². The zero-order chi connectivity index (χ0) is 14.5. The second kappa shape index (κ2) is 6.62. The lowest BCUT2D eigenvalue weighted by Crippen LogP contribution is -2.54. The van der Waals surface area contributed by atoms with Crippen LogP contribution in [-0.4, -0.2) is 52.8 Å². The van der Waals surface area contributed by atoms with E-state index in [4.69, 9.17) is 9.47 Å². The van der Waals surface area contributed by atoms with E-state index < -0.39 is 24.6 Å². The molecular weight excluding hydrogens is 264 g/mol. The Morgan fingerprint density at radius 1 is 1.15 bits per heavy atom. The summed E-state index contributed by atoms with van der Waals surface area (Å²) in [6, 6.07) is 6.77. The lowest BCUT2D eigenvalue weighted by molar-refractivity contribution is -0.242.